The van der Waals surface area contributed by atoms with Gasteiger partial charge in [0.25, 0.3) is 0 Å². The summed E-state index contributed by atoms with van der Waals surface area (Å²) in [5, 5.41) is 0. The highest BCUT2D eigenvalue weighted by atomic mass is 32.2. The second kappa shape index (κ2) is 5.82. The average Bonchev–Trinajstić information content (AvgIpc) is 1.99. The summed E-state index contributed by atoms with van der Waals surface area (Å²) in [5.41, 5.74) is 5.32. The molecule has 1 rings (SSSR count). The molecule has 4 nitrogen and oxygen atoms in total. The van der Waals surface area contributed by atoms with Gasteiger partial charge >= 0.3 is 0 Å². The van der Waals surface area contributed by atoms with Gasteiger partial charge in [0, 0.05) is 6.04 Å². The summed E-state index contributed by atoms with van der Waals surface area (Å²) in [7, 11) is -3.08. The van der Waals surface area contributed by atoms with Crippen LogP contribution in [-0.4, -0.2) is 26.8 Å². The molecule has 90 valence electrons. The van der Waals surface area contributed by atoms with Gasteiger partial charge in [-0.25, -0.2) is 13.1 Å². The Bertz CT molecular complexity index is 273. The van der Waals surface area contributed by atoms with Crippen molar-refractivity contribution in [2.75, 3.05) is 12.3 Å². The smallest absolute Gasteiger partial charge is 0.211 e. The third kappa shape index (κ3) is 4.49. The number of nitrogens with one attached hydrogen (secondary N) is 1. The lowest BCUT2D eigenvalue weighted by molar-refractivity contribution is 0.260. The Morgan fingerprint density at radius 2 is 2.07 bits per heavy atom. The Morgan fingerprint density at radius 3 is 2.53 bits per heavy atom. The van der Waals surface area contributed by atoms with Crippen LogP contribution in [0.5, 0.6) is 0 Å². The SMILES string of the molecule is CC(NS(=O)(=O)CCCCN)C1CCC1. The average molecular weight is 234 g/mol. The van der Waals surface area contributed by atoms with Gasteiger partial charge in [0.1, 0.15) is 0 Å². The van der Waals surface area contributed by atoms with E-state index in [9.17, 15) is 8.42 Å². The fourth-order valence-corrected chi connectivity index (χ4v) is 3.28. The van der Waals surface area contributed by atoms with Crippen LogP contribution in [0.2, 0.25) is 0 Å². The van der Waals surface area contributed by atoms with E-state index in [1.165, 1.54) is 6.42 Å². The molecule has 0 saturated heterocycles. The maximum Gasteiger partial charge on any atom is 0.211 e. The molecule has 0 heterocycles. The molecule has 5 heteroatoms. The van der Waals surface area contributed by atoms with Crippen LogP contribution >= 0.6 is 0 Å². The first-order valence-electron chi connectivity index (χ1n) is 5.75. The summed E-state index contributed by atoms with van der Waals surface area (Å²) in [6.07, 6.45) is 4.99. The summed E-state index contributed by atoms with van der Waals surface area (Å²) >= 11 is 0. The quantitative estimate of drug-likeness (QED) is 0.641. The van der Waals surface area contributed by atoms with Crippen LogP contribution in [0.25, 0.3) is 0 Å². The topological polar surface area (TPSA) is 72.2 Å². The maximum absolute atomic E-state index is 11.6. The van der Waals surface area contributed by atoms with Crippen molar-refractivity contribution in [3.8, 4) is 0 Å². The second-order valence-electron chi connectivity index (χ2n) is 4.41. The Kier molecular flexibility index (Phi) is 5.02. The number of hydrogen-bond acceptors (Lipinski definition) is 3. The predicted octanol–water partition coefficient (Wildman–Crippen LogP) is 0.833. The fraction of sp³-hybridized carbons (Fsp3) is 1.00. The van der Waals surface area contributed by atoms with Crippen molar-refractivity contribution in [1.29, 1.82) is 0 Å². The summed E-state index contributed by atoms with van der Waals surface area (Å²) in [5.74, 6) is 0.760. The standard InChI is InChI=1S/C10H22N2O2S/c1-9(10-5-4-6-10)12-15(13,14)8-3-2-7-11/h9-10,12H,2-8,11H2,1H3. The van der Waals surface area contributed by atoms with E-state index in [4.69, 9.17) is 5.73 Å². The van der Waals surface area contributed by atoms with Crippen LogP contribution < -0.4 is 10.5 Å². The minimum atomic E-state index is -3.08. The molecule has 1 fully saturated rings. The highest BCUT2D eigenvalue weighted by molar-refractivity contribution is 7.89. The lowest BCUT2D eigenvalue weighted by Crippen LogP contribution is -2.41. The number of hydrogen-bond donors (Lipinski definition) is 2. The third-order valence-corrected chi connectivity index (χ3v) is 4.65. The third-order valence-electron chi connectivity index (χ3n) is 3.09. The summed E-state index contributed by atoms with van der Waals surface area (Å²) in [4.78, 5) is 0. The molecule has 0 aromatic carbocycles. The van der Waals surface area contributed by atoms with Gasteiger partial charge < -0.3 is 5.73 Å². The normalized spacial score (nSPS) is 19.9. The van der Waals surface area contributed by atoms with Crippen LogP contribution in [-0.2, 0) is 10.0 Å². The van der Waals surface area contributed by atoms with Gasteiger partial charge in [-0.05, 0) is 45.1 Å². The van der Waals surface area contributed by atoms with E-state index in [0.29, 0.717) is 18.9 Å². The molecular formula is C10H22N2O2S. The van der Waals surface area contributed by atoms with E-state index in [1.807, 2.05) is 6.92 Å². The van der Waals surface area contributed by atoms with Crippen LogP contribution in [0.15, 0.2) is 0 Å². The molecule has 3 N–H and O–H groups in total. The molecule has 0 bridgehead atoms. The maximum atomic E-state index is 11.6. The van der Waals surface area contributed by atoms with Gasteiger partial charge in [-0.15, -0.1) is 0 Å². The molecule has 0 aromatic heterocycles. The molecule has 0 aliphatic heterocycles. The van der Waals surface area contributed by atoms with Crippen molar-refractivity contribution in [2.24, 2.45) is 11.7 Å². The molecule has 1 unspecified atom stereocenters. The van der Waals surface area contributed by atoms with Gasteiger partial charge in [0.2, 0.25) is 10.0 Å². The number of rotatable bonds is 7. The molecular weight excluding hydrogens is 212 g/mol. The molecule has 1 aliphatic rings. The highest BCUT2D eigenvalue weighted by Crippen LogP contribution is 2.29. The van der Waals surface area contributed by atoms with Crippen molar-refractivity contribution in [1.82, 2.24) is 4.72 Å². The van der Waals surface area contributed by atoms with Gasteiger partial charge in [-0.3, -0.25) is 0 Å². The predicted molar refractivity (Wildman–Crippen MR) is 62.0 cm³/mol. The molecule has 1 saturated carbocycles. The van der Waals surface area contributed by atoms with Crippen molar-refractivity contribution < 1.29 is 8.42 Å². The van der Waals surface area contributed by atoms with Gasteiger partial charge in [0.05, 0.1) is 5.75 Å². The lowest BCUT2D eigenvalue weighted by atomic mass is 9.81. The lowest BCUT2D eigenvalue weighted by Gasteiger charge is -2.31. The Balaban J connectivity index is 2.27. The van der Waals surface area contributed by atoms with Gasteiger partial charge in [-0.2, -0.15) is 0 Å². The van der Waals surface area contributed by atoms with Crippen molar-refractivity contribution in [3.05, 3.63) is 0 Å². The fourth-order valence-electron chi connectivity index (χ4n) is 1.81. The molecule has 0 spiro atoms. The monoisotopic (exact) mass is 234 g/mol. The van der Waals surface area contributed by atoms with E-state index >= 15 is 0 Å². The Morgan fingerprint density at radius 1 is 1.40 bits per heavy atom. The van der Waals surface area contributed by atoms with E-state index in [0.717, 1.165) is 19.3 Å². The van der Waals surface area contributed by atoms with E-state index in [1.54, 1.807) is 0 Å². The van der Waals surface area contributed by atoms with E-state index in [2.05, 4.69) is 4.72 Å². The minimum Gasteiger partial charge on any atom is -0.330 e. The Hall–Kier alpha value is -0.130. The first-order valence-corrected chi connectivity index (χ1v) is 7.40. The highest BCUT2D eigenvalue weighted by Gasteiger charge is 2.26. The second-order valence-corrected chi connectivity index (χ2v) is 6.29. The molecule has 0 amide bonds. The van der Waals surface area contributed by atoms with Gasteiger partial charge in [-0.1, -0.05) is 6.42 Å². The van der Waals surface area contributed by atoms with E-state index < -0.39 is 10.0 Å². The van der Waals surface area contributed by atoms with Crippen molar-refractivity contribution in [3.63, 3.8) is 0 Å². The zero-order valence-electron chi connectivity index (χ0n) is 9.41. The number of unbranched alkanes of at least 4 members (excludes halogenated alkanes) is 1. The van der Waals surface area contributed by atoms with Crippen LogP contribution in [0.4, 0.5) is 0 Å². The van der Waals surface area contributed by atoms with Crippen LogP contribution in [0.3, 0.4) is 0 Å². The first kappa shape index (κ1) is 12.9. The van der Waals surface area contributed by atoms with Crippen molar-refractivity contribution >= 4 is 10.0 Å². The van der Waals surface area contributed by atoms with Crippen molar-refractivity contribution in [2.45, 2.75) is 45.1 Å². The van der Waals surface area contributed by atoms with Crippen LogP contribution in [0.1, 0.15) is 39.0 Å². The number of sulfonamides is 1. The summed E-state index contributed by atoms with van der Waals surface area (Å²) < 4.78 is 26.0. The zero-order valence-corrected chi connectivity index (χ0v) is 10.2. The largest absolute Gasteiger partial charge is 0.330 e. The summed E-state index contributed by atoms with van der Waals surface area (Å²) in [6, 6.07) is 0.0987. The molecule has 1 atom stereocenters. The van der Waals surface area contributed by atoms with Crippen LogP contribution in [0, 0.1) is 5.92 Å². The zero-order chi connectivity index (χ0) is 11.3. The molecule has 1 aliphatic carbocycles. The number of nitrogens with two attached hydrogens (primary N) is 1. The minimum absolute atomic E-state index is 0.0987. The first-order chi connectivity index (χ1) is 7.05. The van der Waals surface area contributed by atoms with E-state index in [-0.39, 0.29) is 11.8 Å². The summed E-state index contributed by atoms with van der Waals surface area (Å²) in [6.45, 7) is 2.53. The van der Waals surface area contributed by atoms with Gasteiger partial charge in [0.15, 0.2) is 0 Å². The molecule has 15 heavy (non-hydrogen) atoms. The molecule has 0 radical (unpaired) electrons. The Labute approximate surface area is 92.7 Å². The molecule has 0 aromatic rings.